The monoisotopic (exact) mass is 244 g/mol. The van der Waals surface area contributed by atoms with E-state index in [-0.39, 0.29) is 29.3 Å². The van der Waals surface area contributed by atoms with Crippen molar-refractivity contribution < 1.29 is 14.7 Å². The third-order valence-corrected chi connectivity index (χ3v) is 3.91. The largest absolute Gasteiger partial charge is 0.393 e. The Bertz CT molecular complexity index is 290. The summed E-state index contributed by atoms with van der Waals surface area (Å²) < 4.78 is 0. The van der Waals surface area contributed by atoms with Gasteiger partial charge in [0.1, 0.15) is 6.04 Å². The van der Waals surface area contributed by atoms with Crippen molar-refractivity contribution in [2.75, 3.05) is 5.75 Å². The zero-order valence-corrected chi connectivity index (χ0v) is 9.76. The molecule has 1 atom stereocenters. The van der Waals surface area contributed by atoms with E-state index in [0.29, 0.717) is 5.75 Å². The number of carbonyl (C=O) groups is 2. The van der Waals surface area contributed by atoms with E-state index in [0.717, 1.165) is 37.4 Å². The van der Waals surface area contributed by atoms with Crippen LogP contribution in [0.25, 0.3) is 0 Å². The maximum atomic E-state index is 11.7. The first-order valence-corrected chi connectivity index (χ1v) is 6.55. The first-order valence-electron chi connectivity index (χ1n) is 5.57. The van der Waals surface area contributed by atoms with Gasteiger partial charge in [-0.25, -0.2) is 0 Å². The molecule has 1 saturated heterocycles. The predicted octanol–water partition coefficient (Wildman–Crippen LogP) is 0.231. The van der Waals surface area contributed by atoms with Gasteiger partial charge < -0.3 is 15.7 Å². The van der Waals surface area contributed by atoms with Gasteiger partial charge in [0.2, 0.25) is 5.91 Å². The summed E-state index contributed by atoms with van der Waals surface area (Å²) in [5.41, 5.74) is 0. The molecule has 0 spiro atoms. The molecule has 2 aliphatic rings. The summed E-state index contributed by atoms with van der Waals surface area (Å²) >= 11 is 1.15. The minimum Gasteiger partial charge on any atom is -0.393 e. The fourth-order valence-corrected chi connectivity index (χ4v) is 2.83. The van der Waals surface area contributed by atoms with E-state index in [2.05, 4.69) is 10.6 Å². The fraction of sp³-hybridized carbons (Fsp3) is 0.800. The quantitative estimate of drug-likeness (QED) is 0.650. The van der Waals surface area contributed by atoms with Gasteiger partial charge in [-0.15, -0.1) is 0 Å². The first kappa shape index (κ1) is 11.7. The molecule has 1 aliphatic heterocycles. The molecular weight excluding hydrogens is 228 g/mol. The molecule has 1 aliphatic carbocycles. The second-order valence-corrected chi connectivity index (χ2v) is 5.30. The van der Waals surface area contributed by atoms with Gasteiger partial charge >= 0.3 is 0 Å². The van der Waals surface area contributed by atoms with Crippen molar-refractivity contribution in [2.45, 2.75) is 43.9 Å². The number of rotatable bonds is 2. The molecule has 16 heavy (non-hydrogen) atoms. The van der Waals surface area contributed by atoms with Crippen LogP contribution in [0, 0.1) is 0 Å². The summed E-state index contributed by atoms with van der Waals surface area (Å²) in [6, 6.07) is -0.234. The van der Waals surface area contributed by atoms with Gasteiger partial charge in [0.15, 0.2) is 0 Å². The van der Waals surface area contributed by atoms with E-state index in [9.17, 15) is 14.7 Å². The molecule has 3 N–H and O–H groups in total. The summed E-state index contributed by atoms with van der Waals surface area (Å²) in [6.45, 7) is 0. The van der Waals surface area contributed by atoms with Crippen LogP contribution in [0.15, 0.2) is 0 Å². The van der Waals surface area contributed by atoms with Crippen LogP contribution in [0.3, 0.4) is 0 Å². The minimum absolute atomic E-state index is 0.0975. The smallest absolute Gasteiger partial charge is 0.279 e. The Balaban J connectivity index is 1.77. The Hall–Kier alpha value is -0.750. The lowest BCUT2D eigenvalue weighted by molar-refractivity contribution is -0.123. The van der Waals surface area contributed by atoms with Crippen molar-refractivity contribution in [1.29, 1.82) is 0 Å². The van der Waals surface area contributed by atoms with Crippen molar-refractivity contribution in [3.8, 4) is 0 Å². The predicted molar refractivity (Wildman–Crippen MR) is 61.2 cm³/mol. The number of hydrogen-bond donors (Lipinski definition) is 3. The Morgan fingerprint density at radius 1 is 1.38 bits per heavy atom. The van der Waals surface area contributed by atoms with Crippen molar-refractivity contribution in [3.05, 3.63) is 0 Å². The van der Waals surface area contributed by atoms with Crippen molar-refractivity contribution >= 4 is 22.9 Å². The van der Waals surface area contributed by atoms with Gasteiger partial charge in [0, 0.05) is 11.8 Å². The van der Waals surface area contributed by atoms with Crippen LogP contribution >= 0.6 is 11.8 Å². The highest BCUT2D eigenvalue weighted by molar-refractivity contribution is 8.14. The van der Waals surface area contributed by atoms with Crippen LogP contribution in [0.1, 0.15) is 25.7 Å². The van der Waals surface area contributed by atoms with Crippen molar-refractivity contribution in [1.82, 2.24) is 10.6 Å². The number of nitrogens with one attached hydrogen (secondary N) is 2. The van der Waals surface area contributed by atoms with E-state index >= 15 is 0 Å². The topological polar surface area (TPSA) is 78.4 Å². The SMILES string of the molecule is O=C1NC(C(=O)NC2CCC(O)CC2)CS1. The molecule has 2 fully saturated rings. The number of hydrogen-bond acceptors (Lipinski definition) is 4. The molecule has 0 radical (unpaired) electrons. The molecule has 90 valence electrons. The highest BCUT2D eigenvalue weighted by Crippen LogP contribution is 2.19. The maximum absolute atomic E-state index is 11.7. The average Bonchev–Trinajstić information content (AvgIpc) is 2.68. The van der Waals surface area contributed by atoms with Gasteiger partial charge in [-0.05, 0) is 25.7 Å². The normalized spacial score (nSPS) is 34.6. The van der Waals surface area contributed by atoms with Gasteiger partial charge in [-0.2, -0.15) is 0 Å². The molecular formula is C10H16N2O3S. The number of carbonyl (C=O) groups excluding carboxylic acids is 2. The van der Waals surface area contributed by atoms with Crippen LogP contribution in [-0.2, 0) is 4.79 Å². The first-order chi connectivity index (χ1) is 7.65. The zero-order chi connectivity index (χ0) is 11.5. The van der Waals surface area contributed by atoms with E-state index in [1.54, 1.807) is 0 Å². The van der Waals surface area contributed by atoms with Crippen LogP contribution < -0.4 is 10.6 Å². The molecule has 6 heteroatoms. The van der Waals surface area contributed by atoms with Gasteiger partial charge in [0.05, 0.1) is 6.10 Å². The van der Waals surface area contributed by atoms with Gasteiger partial charge in [-0.1, -0.05) is 11.8 Å². The summed E-state index contributed by atoms with van der Waals surface area (Å²) in [5, 5.41) is 14.7. The number of aliphatic hydroxyl groups excluding tert-OH is 1. The molecule has 1 heterocycles. The molecule has 5 nitrogen and oxygen atoms in total. The second kappa shape index (κ2) is 5.05. The van der Waals surface area contributed by atoms with Crippen LogP contribution in [0.4, 0.5) is 4.79 Å². The van der Waals surface area contributed by atoms with Crippen molar-refractivity contribution in [3.63, 3.8) is 0 Å². The Morgan fingerprint density at radius 2 is 2.06 bits per heavy atom. The number of thioether (sulfide) groups is 1. The highest BCUT2D eigenvalue weighted by atomic mass is 32.2. The van der Waals surface area contributed by atoms with E-state index in [4.69, 9.17) is 0 Å². The average molecular weight is 244 g/mol. The number of amides is 2. The summed E-state index contributed by atoms with van der Waals surface area (Å²) in [5.74, 6) is 0.416. The van der Waals surface area contributed by atoms with E-state index in [1.807, 2.05) is 0 Å². The molecule has 0 aromatic rings. The fourth-order valence-electron chi connectivity index (χ4n) is 2.05. The molecule has 0 aromatic heterocycles. The summed E-state index contributed by atoms with van der Waals surface area (Å²) in [7, 11) is 0. The molecule has 0 aromatic carbocycles. The third-order valence-electron chi connectivity index (χ3n) is 3.03. The van der Waals surface area contributed by atoms with E-state index < -0.39 is 0 Å². The van der Waals surface area contributed by atoms with Crippen molar-refractivity contribution in [2.24, 2.45) is 0 Å². The van der Waals surface area contributed by atoms with Crippen LogP contribution in [0.5, 0.6) is 0 Å². The molecule has 0 bridgehead atoms. The Kier molecular flexibility index (Phi) is 3.70. The maximum Gasteiger partial charge on any atom is 0.279 e. The van der Waals surface area contributed by atoms with Gasteiger partial charge in [0.25, 0.3) is 5.24 Å². The third kappa shape index (κ3) is 2.89. The number of aliphatic hydroxyl groups is 1. The molecule has 2 rings (SSSR count). The minimum atomic E-state index is -0.385. The molecule has 1 unspecified atom stereocenters. The standard InChI is InChI=1S/C10H16N2O3S/c13-7-3-1-6(2-4-7)11-9(14)8-5-16-10(15)12-8/h6-8,13H,1-5H2,(H,11,14)(H,12,15). The Labute approximate surface area is 98.4 Å². The van der Waals surface area contributed by atoms with E-state index in [1.165, 1.54) is 0 Å². The van der Waals surface area contributed by atoms with Crippen LogP contribution in [-0.4, -0.2) is 40.2 Å². The molecule has 2 amide bonds. The second-order valence-electron chi connectivity index (χ2n) is 4.31. The van der Waals surface area contributed by atoms with Gasteiger partial charge in [-0.3, -0.25) is 9.59 Å². The highest BCUT2D eigenvalue weighted by Gasteiger charge is 2.30. The summed E-state index contributed by atoms with van der Waals surface area (Å²) in [6.07, 6.45) is 2.92. The van der Waals surface area contributed by atoms with Crippen LogP contribution in [0.2, 0.25) is 0 Å². The lowest BCUT2D eigenvalue weighted by Crippen LogP contribution is -2.48. The Morgan fingerprint density at radius 3 is 2.62 bits per heavy atom. The lowest BCUT2D eigenvalue weighted by atomic mass is 9.93. The summed E-state index contributed by atoms with van der Waals surface area (Å²) in [4.78, 5) is 22.7. The molecule has 1 saturated carbocycles. The lowest BCUT2D eigenvalue weighted by Gasteiger charge is -2.27. The zero-order valence-electron chi connectivity index (χ0n) is 8.94.